The molecule has 1 aromatic heterocycles. The number of nitrogens with zero attached hydrogens (tertiary/aromatic N) is 1. The molecule has 1 amide bonds. The summed E-state index contributed by atoms with van der Waals surface area (Å²) < 4.78 is 38.2. The quantitative estimate of drug-likeness (QED) is 0.895. The van der Waals surface area contributed by atoms with Crippen molar-refractivity contribution < 1.29 is 27.9 Å². The molecule has 0 radical (unpaired) electrons. The molecule has 20 heavy (non-hydrogen) atoms. The first-order chi connectivity index (χ1) is 9.21. The molecule has 1 fully saturated rings. The summed E-state index contributed by atoms with van der Waals surface area (Å²) in [4.78, 5) is 23.3. The van der Waals surface area contributed by atoms with E-state index in [1.54, 1.807) is 0 Å². The van der Waals surface area contributed by atoms with Gasteiger partial charge >= 0.3 is 18.1 Å². The Balaban J connectivity index is 2.37. The molecule has 2 atom stereocenters. The van der Waals surface area contributed by atoms with E-state index >= 15 is 0 Å². The van der Waals surface area contributed by atoms with Gasteiger partial charge in [-0.05, 0) is 12.1 Å². The van der Waals surface area contributed by atoms with Gasteiger partial charge in [-0.3, -0.25) is 4.79 Å². The third-order valence-electron chi connectivity index (χ3n) is 2.60. The van der Waals surface area contributed by atoms with Crippen LogP contribution in [0.2, 0.25) is 4.34 Å². The van der Waals surface area contributed by atoms with E-state index < -0.39 is 29.5 Å². The van der Waals surface area contributed by atoms with Crippen LogP contribution in [-0.4, -0.2) is 39.9 Å². The van der Waals surface area contributed by atoms with Crippen LogP contribution in [0.4, 0.5) is 13.2 Å². The number of aliphatic carboxylic acids is 1. The molecule has 0 saturated carbocycles. The summed E-state index contributed by atoms with van der Waals surface area (Å²) in [5.74, 6) is -3.71. The maximum absolute atomic E-state index is 12.6. The summed E-state index contributed by atoms with van der Waals surface area (Å²) in [5.41, 5.74) is 0. The molecule has 0 aromatic carbocycles. The molecule has 0 spiro atoms. The summed E-state index contributed by atoms with van der Waals surface area (Å²) in [5, 5.41) is 7.99. The van der Waals surface area contributed by atoms with E-state index in [0.29, 0.717) is 14.1 Å². The molecular weight excluding hydrogens is 339 g/mol. The molecule has 4 nitrogen and oxygen atoms in total. The van der Waals surface area contributed by atoms with Crippen LogP contribution in [0.5, 0.6) is 0 Å². The van der Waals surface area contributed by atoms with E-state index in [2.05, 4.69) is 0 Å². The minimum absolute atomic E-state index is 0.0999. The second kappa shape index (κ2) is 5.45. The average molecular weight is 346 g/mol. The Morgan fingerprint density at radius 1 is 1.40 bits per heavy atom. The molecular formula is C10H7ClF3NO3S2. The van der Waals surface area contributed by atoms with Crippen molar-refractivity contribution in [3.63, 3.8) is 0 Å². The highest BCUT2D eigenvalue weighted by Gasteiger charge is 2.52. The lowest BCUT2D eigenvalue weighted by molar-refractivity contribution is -0.189. The predicted octanol–water partition coefficient (Wildman–Crippen LogP) is 2.99. The monoisotopic (exact) mass is 345 g/mol. The van der Waals surface area contributed by atoms with Gasteiger partial charge in [-0.25, -0.2) is 4.79 Å². The van der Waals surface area contributed by atoms with Gasteiger partial charge in [-0.2, -0.15) is 13.2 Å². The second-order valence-electron chi connectivity index (χ2n) is 3.89. The third kappa shape index (κ3) is 2.89. The molecule has 1 aliphatic rings. The van der Waals surface area contributed by atoms with E-state index in [-0.39, 0.29) is 5.75 Å². The molecule has 2 unspecified atom stereocenters. The number of alkyl halides is 3. The van der Waals surface area contributed by atoms with Crippen molar-refractivity contribution >= 4 is 46.6 Å². The summed E-state index contributed by atoms with van der Waals surface area (Å²) in [7, 11) is 0. The van der Waals surface area contributed by atoms with E-state index in [9.17, 15) is 22.8 Å². The summed E-state index contributed by atoms with van der Waals surface area (Å²) >= 11 is 7.72. The standard InChI is InChI=1S/C10H7ClF3NO3S2/c11-6-2-1-5(20-6)7-15(9(18)10(12,13)14)4(3-19-7)8(16)17/h1-2,4,7H,3H2,(H,16,17). The maximum atomic E-state index is 12.6. The van der Waals surface area contributed by atoms with E-state index in [0.717, 1.165) is 23.1 Å². The van der Waals surface area contributed by atoms with Gasteiger partial charge in [0.15, 0.2) is 0 Å². The first-order valence-corrected chi connectivity index (χ1v) is 7.45. The minimum atomic E-state index is -5.11. The van der Waals surface area contributed by atoms with Crippen molar-refractivity contribution in [2.45, 2.75) is 17.6 Å². The zero-order chi connectivity index (χ0) is 15.1. The van der Waals surface area contributed by atoms with Crippen LogP contribution in [0, 0.1) is 0 Å². The Morgan fingerprint density at radius 2 is 2.05 bits per heavy atom. The highest BCUT2D eigenvalue weighted by atomic mass is 35.5. The number of hydrogen-bond acceptors (Lipinski definition) is 4. The van der Waals surface area contributed by atoms with E-state index in [4.69, 9.17) is 16.7 Å². The van der Waals surface area contributed by atoms with Crippen LogP contribution < -0.4 is 0 Å². The maximum Gasteiger partial charge on any atom is 0.471 e. The van der Waals surface area contributed by atoms with E-state index in [1.165, 1.54) is 12.1 Å². The van der Waals surface area contributed by atoms with Gasteiger partial charge < -0.3 is 10.0 Å². The fraction of sp³-hybridized carbons (Fsp3) is 0.400. The number of amides is 1. The molecule has 0 aliphatic carbocycles. The Hall–Kier alpha value is -0.930. The summed E-state index contributed by atoms with van der Waals surface area (Å²) in [6, 6.07) is 1.48. The van der Waals surface area contributed by atoms with E-state index in [1.807, 2.05) is 0 Å². The Bertz CT molecular complexity index is 548. The minimum Gasteiger partial charge on any atom is -0.480 e. The molecule has 2 heterocycles. The number of thioether (sulfide) groups is 1. The van der Waals surface area contributed by atoms with Gasteiger partial charge in [0, 0.05) is 10.6 Å². The SMILES string of the molecule is O=C(O)C1CSC(c2ccc(Cl)s2)N1C(=O)C(F)(F)F. The molecule has 10 heteroatoms. The fourth-order valence-electron chi connectivity index (χ4n) is 1.77. The summed E-state index contributed by atoms with van der Waals surface area (Å²) in [6.45, 7) is 0. The molecule has 1 aliphatic heterocycles. The number of thiophene rings is 1. The highest BCUT2D eigenvalue weighted by Crippen LogP contribution is 2.46. The van der Waals surface area contributed by atoms with Gasteiger partial charge in [-0.1, -0.05) is 11.6 Å². The first-order valence-electron chi connectivity index (χ1n) is 5.21. The fourth-order valence-corrected chi connectivity index (χ4v) is 4.48. The smallest absolute Gasteiger partial charge is 0.471 e. The van der Waals surface area contributed by atoms with Crippen LogP contribution in [0.25, 0.3) is 0 Å². The van der Waals surface area contributed by atoms with Crippen LogP contribution >= 0.6 is 34.7 Å². The molecule has 110 valence electrons. The lowest BCUT2D eigenvalue weighted by Gasteiger charge is -2.27. The molecule has 1 saturated heterocycles. The van der Waals surface area contributed by atoms with Crippen molar-refractivity contribution in [1.29, 1.82) is 0 Å². The number of carbonyl (C=O) groups excluding carboxylic acids is 1. The Morgan fingerprint density at radius 3 is 2.50 bits per heavy atom. The number of carboxylic acid groups (broad SMARTS) is 1. The number of halogens is 4. The lowest BCUT2D eigenvalue weighted by Crippen LogP contribution is -2.48. The van der Waals surface area contributed by atoms with Gasteiger partial charge in [0.05, 0.1) is 4.34 Å². The Labute approximate surface area is 124 Å². The van der Waals surface area contributed by atoms with Crippen molar-refractivity contribution in [2.75, 3.05) is 5.75 Å². The van der Waals surface area contributed by atoms with Crippen LogP contribution in [0.3, 0.4) is 0 Å². The zero-order valence-corrected chi connectivity index (χ0v) is 11.9. The van der Waals surface area contributed by atoms with Gasteiger partial charge in [0.25, 0.3) is 0 Å². The summed E-state index contributed by atoms with van der Waals surface area (Å²) in [6.07, 6.45) is -5.11. The zero-order valence-electron chi connectivity index (χ0n) is 9.56. The molecule has 0 bridgehead atoms. The van der Waals surface area contributed by atoms with Crippen molar-refractivity contribution in [2.24, 2.45) is 0 Å². The highest BCUT2D eigenvalue weighted by molar-refractivity contribution is 7.99. The second-order valence-corrected chi connectivity index (χ2v) is 6.75. The van der Waals surface area contributed by atoms with Crippen LogP contribution in [0.15, 0.2) is 12.1 Å². The van der Waals surface area contributed by atoms with Crippen LogP contribution in [-0.2, 0) is 9.59 Å². The number of carbonyl (C=O) groups is 2. The Kier molecular flexibility index (Phi) is 4.22. The normalized spacial score (nSPS) is 23.1. The van der Waals surface area contributed by atoms with Gasteiger partial charge in [-0.15, -0.1) is 23.1 Å². The van der Waals surface area contributed by atoms with Gasteiger partial charge in [0.1, 0.15) is 11.4 Å². The van der Waals surface area contributed by atoms with Gasteiger partial charge in [0.2, 0.25) is 0 Å². The third-order valence-corrected chi connectivity index (χ3v) is 5.34. The molecule has 1 N–H and O–H groups in total. The van der Waals surface area contributed by atoms with Crippen molar-refractivity contribution in [3.05, 3.63) is 21.3 Å². The average Bonchev–Trinajstić information content (AvgIpc) is 2.91. The van der Waals surface area contributed by atoms with Crippen molar-refractivity contribution in [1.82, 2.24) is 4.90 Å². The number of carboxylic acids is 1. The molecule has 2 rings (SSSR count). The molecule has 1 aromatic rings. The topological polar surface area (TPSA) is 57.6 Å². The first kappa shape index (κ1) is 15.5. The van der Waals surface area contributed by atoms with Crippen molar-refractivity contribution in [3.8, 4) is 0 Å². The van der Waals surface area contributed by atoms with Crippen LogP contribution in [0.1, 0.15) is 10.3 Å². The lowest BCUT2D eigenvalue weighted by atomic mass is 10.2. The predicted molar refractivity (Wildman–Crippen MR) is 68.9 cm³/mol. The largest absolute Gasteiger partial charge is 0.480 e. The number of hydrogen-bond donors (Lipinski definition) is 1. The number of rotatable bonds is 2.